The molecule has 3 heterocycles. The van der Waals surface area contributed by atoms with Crippen molar-refractivity contribution in [2.45, 2.75) is 25.4 Å². The number of rotatable bonds is 4. The Kier molecular flexibility index (Phi) is 4.69. The molecule has 8 nitrogen and oxygen atoms in total. The molecule has 2 aliphatic heterocycles. The number of amides is 1. The molecule has 23 heavy (non-hydrogen) atoms. The van der Waals surface area contributed by atoms with Crippen molar-refractivity contribution in [1.29, 1.82) is 0 Å². The standard InChI is InChI=1S/C14H22N4O4S/c1-23(20,21)17-8-12-7-15-10-18(12)13(9-17)14(19)16-6-11-2-4-22-5-3-11/h7,10-11,13H,2-6,8-9H2,1H3,(H,16,19). The Hall–Kier alpha value is -1.45. The van der Waals surface area contributed by atoms with Gasteiger partial charge in [0.2, 0.25) is 15.9 Å². The Morgan fingerprint density at radius 3 is 2.87 bits per heavy atom. The second-order valence-corrected chi connectivity index (χ2v) is 8.15. The van der Waals surface area contributed by atoms with Gasteiger partial charge in [0.25, 0.3) is 0 Å². The van der Waals surface area contributed by atoms with E-state index in [-0.39, 0.29) is 19.0 Å². The van der Waals surface area contributed by atoms with Gasteiger partial charge in [0.1, 0.15) is 6.04 Å². The van der Waals surface area contributed by atoms with Crippen LogP contribution in [0, 0.1) is 5.92 Å². The summed E-state index contributed by atoms with van der Waals surface area (Å²) in [6.45, 7) is 2.46. The first-order chi connectivity index (χ1) is 10.9. The summed E-state index contributed by atoms with van der Waals surface area (Å²) in [5, 5.41) is 2.96. The van der Waals surface area contributed by atoms with Crippen LogP contribution in [0.1, 0.15) is 24.6 Å². The zero-order valence-electron chi connectivity index (χ0n) is 13.1. The Bertz CT molecular complexity index is 666. The first-order valence-corrected chi connectivity index (χ1v) is 9.61. The van der Waals surface area contributed by atoms with Crippen molar-refractivity contribution in [2.75, 3.05) is 32.6 Å². The minimum atomic E-state index is -3.35. The average Bonchev–Trinajstić information content (AvgIpc) is 3.00. The van der Waals surface area contributed by atoms with Crippen molar-refractivity contribution in [1.82, 2.24) is 19.2 Å². The minimum Gasteiger partial charge on any atom is -0.381 e. The monoisotopic (exact) mass is 342 g/mol. The Balaban J connectivity index is 1.69. The van der Waals surface area contributed by atoms with Gasteiger partial charge in [-0.25, -0.2) is 13.4 Å². The number of sulfonamides is 1. The Labute approximate surface area is 135 Å². The molecule has 1 N–H and O–H groups in total. The van der Waals surface area contributed by atoms with Crippen molar-refractivity contribution < 1.29 is 17.9 Å². The van der Waals surface area contributed by atoms with Crippen LogP contribution >= 0.6 is 0 Å². The van der Waals surface area contributed by atoms with Gasteiger partial charge in [0, 0.05) is 32.5 Å². The van der Waals surface area contributed by atoms with Crippen LogP contribution in [0.4, 0.5) is 0 Å². The van der Waals surface area contributed by atoms with Crippen LogP contribution in [0.25, 0.3) is 0 Å². The van der Waals surface area contributed by atoms with Gasteiger partial charge >= 0.3 is 0 Å². The summed E-state index contributed by atoms with van der Waals surface area (Å²) in [7, 11) is -3.35. The van der Waals surface area contributed by atoms with E-state index in [1.54, 1.807) is 17.1 Å². The normalized spacial score (nSPS) is 23.4. The molecular weight excluding hydrogens is 320 g/mol. The third-order valence-electron chi connectivity index (χ3n) is 4.47. The molecule has 1 fully saturated rings. The number of hydrogen-bond donors (Lipinski definition) is 1. The summed E-state index contributed by atoms with van der Waals surface area (Å²) in [6, 6.07) is -0.573. The van der Waals surface area contributed by atoms with E-state index in [1.807, 2.05) is 0 Å². The van der Waals surface area contributed by atoms with Crippen molar-refractivity contribution in [3.8, 4) is 0 Å². The van der Waals surface area contributed by atoms with Gasteiger partial charge < -0.3 is 14.6 Å². The van der Waals surface area contributed by atoms with E-state index >= 15 is 0 Å². The van der Waals surface area contributed by atoms with E-state index in [4.69, 9.17) is 4.74 Å². The predicted molar refractivity (Wildman–Crippen MR) is 83.1 cm³/mol. The summed E-state index contributed by atoms with van der Waals surface area (Å²) < 4.78 is 32.1. The summed E-state index contributed by atoms with van der Waals surface area (Å²) in [5.41, 5.74) is 0.730. The molecule has 0 bridgehead atoms. The second-order valence-electron chi connectivity index (χ2n) is 6.16. The second kappa shape index (κ2) is 6.58. The molecule has 0 radical (unpaired) electrons. The number of nitrogens with one attached hydrogen (secondary N) is 1. The number of nitrogens with zero attached hydrogens (tertiary/aromatic N) is 3. The summed E-state index contributed by atoms with van der Waals surface area (Å²) in [6.07, 6.45) is 6.24. The number of carbonyl (C=O) groups excluding carboxylic acids is 1. The summed E-state index contributed by atoms with van der Waals surface area (Å²) >= 11 is 0. The molecule has 9 heteroatoms. The molecule has 3 rings (SSSR count). The highest BCUT2D eigenvalue weighted by atomic mass is 32.2. The first kappa shape index (κ1) is 16.4. The Morgan fingerprint density at radius 1 is 1.43 bits per heavy atom. The van der Waals surface area contributed by atoms with Gasteiger partial charge in [-0.15, -0.1) is 0 Å². The van der Waals surface area contributed by atoms with E-state index in [0.717, 1.165) is 38.0 Å². The molecule has 1 unspecified atom stereocenters. The highest BCUT2D eigenvalue weighted by Gasteiger charge is 2.34. The fourth-order valence-corrected chi connectivity index (χ4v) is 3.82. The van der Waals surface area contributed by atoms with Gasteiger partial charge in [0.05, 0.1) is 24.8 Å². The van der Waals surface area contributed by atoms with Gasteiger partial charge in [0.15, 0.2) is 0 Å². The molecule has 1 atom stereocenters. The molecular formula is C14H22N4O4S. The highest BCUT2D eigenvalue weighted by molar-refractivity contribution is 7.88. The number of fused-ring (bicyclic) bond motifs is 1. The van der Waals surface area contributed by atoms with Gasteiger partial charge in [-0.3, -0.25) is 4.79 Å². The minimum absolute atomic E-state index is 0.141. The summed E-state index contributed by atoms with van der Waals surface area (Å²) in [4.78, 5) is 16.6. The van der Waals surface area contributed by atoms with Crippen molar-refractivity contribution in [2.24, 2.45) is 5.92 Å². The van der Waals surface area contributed by atoms with Gasteiger partial charge in [-0.05, 0) is 18.8 Å². The van der Waals surface area contributed by atoms with Crippen molar-refractivity contribution >= 4 is 15.9 Å². The molecule has 128 valence electrons. The van der Waals surface area contributed by atoms with E-state index in [1.165, 1.54) is 4.31 Å². The average molecular weight is 342 g/mol. The molecule has 0 spiro atoms. The molecule has 2 aliphatic rings. The third-order valence-corrected chi connectivity index (χ3v) is 5.69. The van der Waals surface area contributed by atoms with E-state index in [9.17, 15) is 13.2 Å². The molecule has 0 aromatic carbocycles. The van der Waals surface area contributed by atoms with Crippen LogP contribution in [0.15, 0.2) is 12.5 Å². The fraction of sp³-hybridized carbons (Fsp3) is 0.714. The zero-order valence-corrected chi connectivity index (χ0v) is 14.0. The van der Waals surface area contributed by atoms with Crippen LogP contribution in [-0.2, 0) is 26.1 Å². The lowest BCUT2D eigenvalue weighted by atomic mass is 10.0. The van der Waals surface area contributed by atoms with Crippen LogP contribution < -0.4 is 5.32 Å². The third kappa shape index (κ3) is 3.73. The number of hydrogen-bond acceptors (Lipinski definition) is 5. The summed E-state index contributed by atoms with van der Waals surface area (Å²) in [5.74, 6) is 0.258. The van der Waals surface area contributed by atoms with Crippen molar-refractivity contribution in [3.63, 3.8) is 0 Å². The van der Waals surface area contributed by atoms with Crippen LogP contribution in [0.5, 0.6) is 0 Å². The number of aromatic nitrogens is 2. The maximum atomic E-state index is 12.6. The number of imidazole rings is 1. The molecule has 1 amide bonds. The first-order valence-electron chi connectivity index (χ1n) is 7.76. The Morgan fingerprint density at radius 2 is 2.17 bits per heavy atom. The van der Waals surface area contributed by atoms with E-state index in [2.05, 4.69) is 10.3 Å². The van der Waals surface area contributed by atoms with Crippen molar-refractivity contribution in [3.05, 3.63) is 18.2 Å². The lowest BCUT2D eigenvalue weighted by Crippen LogP contribution is -2.47. The highest BCUT2D eigenvalue weighted by Crippen LogP contribution is 2.23. The van der Waals surface area contributed by atoms with E-state index < -0.39 is 16.1 Å². The van der Waals surface area contributed by atoms with E-state index in [0.29, 0.717) is 12.5 Å². The quantitative estimate of drug-likeness (QED) is 0.814. The smallest absolute Gasteiger partial charge is 0.244 e. The SMILES string of the molecule is CS(=O)(=O)N1Cc2cncn2C(C(=O)NCC2CCOCC2)C1. The molecule has 0 aliphatic carbocycles. The lowest BCUT2D eigenvalue weighted by Gasteiger charge is -2.32. The topological polar surface area (TPSA) is 93.5 Å². The number of ether oxygens (including phenoxy) is 1. The van der Waals surface area contributed by atoms with Gasteiger partial charge in [-0.2, -0.15) is 4.31 Å². The largest absolute Gasteiger partial charge is 0.381 e. The molecule has 1 aromatic heterocycles. The van der Waals surface area contributed by atoms with Gasteiger partial charge in [-0.1, -0.05) is 0 Å². The lowest BCUT2D eigenvalue weighted by molar-refractivity contribution is -0.125. The number of carbonyl (C=O) groups is 1. The van der Waals surface area contributed by atoms with Crippen LogP contribution in [0.2, 0.25) is 0 Å². The molecule has 0 saturated carbocycles. The molecule has 1 saturated heterocycles. The van der Waals surface area contributed by atoms with Crippen LogP contribution in [-0.4, -0.2) is 60.7 Å². The maximum Gasteiger partial charge on any atom is 0.244 e. The fourth-order valence-electron chi connectivity index (χ4n) is 3.04. The predicted octanol–water partition coefficient (Wildman–Crippen LogP) is -0.258. The zero-order chi connectivity index (χ0) is 16.4. The maximum absolute atomic E-state index is 12.6. The molecule has 1 aromatic rings. The van der Waals surface area contributed by atoms with Crippen LogP contribution in [0.3, 0.4) is 0 Å².